The zero-order valence-corrected chi connectivity index (χ0v) is 9.83. The average molecular weight is 227 g/mol. The molecule has 0 saturated heterocycles. The van der Waals surface area contributed by atoms with Crippen LogP contribution in [0.1, 0.15) is 25.5 Å². The fraction of sp³-hybridized carbons (Fsp3) is 0.500. The van der Waals surface area contributed by atoms with Gasteiger partial charge in [-0.15, -0.1) is 0 Å². The number of benzene rings is 1. The van der Waals surface area contributed by atoms with Gasteiger partial charge in [0.05, 0.1) is 13.2 Å². The van der Waals surface area contributed by atoms with Crippen molar-refractivity contribution in [2.24, 2.45) is 0 Å². The molecule has 0 bridgehead atoms. The van der Waals surface area contributed by atoms with Crippen molar-refractivity contribution in [3.8, 4) is 5.75 Å². The average Bonchev–Trinajstić information content (AvgIpc) is 2.25. The first-order chi connectivity index (χ1) is 7.54. The van der Waals surface area contributed by atoms with E-state index in [1.165, 1.54) is 19.2 Å². The zero-order chi connectivity index (χ0) is 12.1. The molecule has 2 N–H and O–H groups in total. The minimum atomic E-state index is -0.706. The lowest BCUT2D eigenvalue weighted by atomic mass is 10.1. The highest BCUT2D eigenvalue weighted by Crippen LogP contribution is 2.21. The van der Waals surface area contributed by atoms with E-state index >= 15 is 0 Å². The topological polar surface area (TPSA) is 41.5 Å². The molecule has 1 rings (SSSR count). The molecule has 0 aromatic heterocycles. The highest BCUT2D eigenvalue weighted by Gasteiger charge is 2.11. The third-order valence-corrected chi connectivity index (χ3v) is 2.28. The number of aliphatic hydroxyl groups excluding tert-OH is 1. The van der Waals surface area contributed by atoms with E-state index in [2.05, 4.69) is 5.32 Å². The standard InChI is InChI=1S/C12H18FNO2/c1-8(2)14-7-11(15)9-4-5-12(16-3)10(13)6-9/h4-6,8,11,14-15H,7H2,1-3H3. The van der Waals surface area contributed by atoms with Crippen molar-refractivity contribution in [2.75, 3.05) is 13.7 Å². The largest absolute Gasteiger partial charge is 0.494 e. The number of hydrogen-bond acceptors (Lipinski definition) is 3. The van der Waals surface area contributed by atoms with Crippen molar-refractivity contribution in [2.45, 2.75) is 26.0 Å². The molecular formula is C12H18FNO2. The van der Waals surface area contributed by atoms with Crippen molar-refractivity contribution in [1.82, 2.24) is 5.32 Å². The number of aliphatic hydroxyl groups is 1. The Hall–Kier alpha value is -1.13. The van der Waals surface area contributed by atoms with Gasteiger partial charge in [-0.2, -0.15) is 0 Å². The van der Waals surface area contributed by atoms with Crippen LogP contribution in [0.5, 0.6) is 5.75 Å². The molecule has 0 aliphatic carbocycles. The summed E-state index contributed by atoms with van der Waals surface area (Å²) in [5.74, 6) is -0.267. The molecule has 0 heterocycles. The van der Waals surface area contributed by atoms with E-state index in [1.807, 2.05) is 13.8 Å². The third-order valence-electron chi connectivity index (χ3n) is 2.28. The van der Waals surface area contributed by atoms with E-state index in [1.54, 1.807) is 6.07 Å². The van der Waals surface area contributed by atoms with Gasteiger partial charge in [-0.3, -0.25) is 0 Å². The van der Waals surface area contributed by atoms with Gasteiger partial charge in [-0.1, -0.05) is 19.9 Å². The maximum atomic E-state index is 13.4. The molecule has 0 radical (unpaired) electrons. The van der Waals surface area contributed by atoms with Gasteiger partial charge in [-0.05, 0) is 17.7 Å². The van der Waals surface area contributed by atoms with Crippen molar-refractivity contribution >= 4 is 0 Å². The van der Waals surface area contributed by atoms with Crippen LogP contribution in [0.4, 0.5) is 4.39 Å². The molecule has 0 spiro atoms. The summed E-state index contributed by atoms with van der Waals surface area (Å²) in [6.45, 7) is 4.38. The molecule has 0 saturated carbocycles. The molecular weight excluding hydrogens is 209 g/mol. The van der Waals surface area contributed by atoms with Crippen molar-refractivity contribution in [1.29, 1.82) is 0 Å². The van der Waals surface area contributed by atoms with E-state index in [-0.39, 0.29) is 11.8 Å². The van der Waals surface area contributed by atoms with Gasteiger partial charge in [0.25, 0.3) is 0 Å². The second-order valence-corrected chi connectivity index (χ2v) is 3.97. The minimum Gasteiger partial charge on any atom is -0.494 e. The van der Waals surface area contributed by atoms with Crippen LogP contribution in [-0.2, 0) is 0 Å². The first kappa shape index (κ1) is 12.9. The van der Waals surface area contributed by atoms with Crippen LogP contribution in [0, 0.1) is 5.82 Å². The summed E-state index contributed by atoms with van der Waals surface area (Å²) in [6, 6.07) is 4.77. The third kappa shape index (κ3) is 3.47. The van der Waals surface area contributed by atoms with Crippen LogP contribution in [0.15, 0.2) is 18.2 Å². The Morgan fingerprint density at radius 1 is 1.44 bits per heavy atom. The molecule has 1 atom stereocenters. The normalized spacial score (nSPS) is 12.9. The van der Waals surface area contributed by atoms with Crippen LogP contribution >= 0.6 is 0 Å². The number of methoxy groups -OCH3 is 1. The molecule has 0 aliphatic heterocycles. The quantitative estimate of drug-likeness (QED) is 0.806. The summed E-state index contributed by atoms with van der Waals surface area (Å²) in [6.07, 6.45) is -0.706. The Morgan fingerprint density at radius 3 is 2.62 bits per heavy atom. The fourth-order valence-electron chi connectivity index (χ4n) is 1.36. The van der Waals surface area contributed by atoms with Gasteiger partial charge < -0.3 is 15.2 Å². The van der Waals surface area contributed by atoms with Gasteiger partial charge in [0, 0.05) is 12.6 Å². The summed E-state index contributed by atoms with van der Waals surface area (Å²) in [5, 5.41) is 12.9. The van der Waals surface area contributed by atoms with Crippen LogP contribution < -0.4 is 10.1 Å². The number of hydrogen-bond donors (Lipinski definition) is 2. The second-order valence-electron chi connectivity index (χ2n) is 3.97. The van der Waals surface area contributed by atoms with Crippen LogP contribution in [0.3, 0.4) is 0 Å². The van der Waals surface area contributed by atoms with Crippen molar-refractivity contribution in [3.05, 3.63) is 29.6 Å². The SMILES string of the molecule is COc1ccc(C(O)CNC(C)C)cc1F. The van der Waals surface area contributed by atoms with Gasteiger partial charge >= 0.3 is 0 Å². The van der Waals surface area contributed by atoms with E-state index in [4.69, 9.17) is 4.74 Å². The van der Waals surface area contributed by atoms with Crippen molar-refractivity contribution < 1.29 is 14.2 Å². The number of halogens is 1. The van der Waals surface area contributed by atoms with Gasteiger partial charge in [0.1, 0.15) is 0 Å². The Kier molecular flexibility index (Phi) is 4.71. The second kappa shape index (κ2) is 5.82. The molecule has 16 heavy (non-hydrogen) atoms. The summed E-state index contributed by atoms with van der Waals surface area (Å²) in [4.78, 5) is 0. The maximum absolute atomic E-state index is 13.4. The zero-order valence-electron chi connectivity index (χ0n) is 9.83. The fourth-order valence-corrected chi connectivity index (χ4v) is 1.36. The molecule has 90 valence electrons. The summed E-state index contributed by atoms with van der Waals surface area (Å²) in [7, 11) is 1.41. The molecule has 1 aromatic carbocycles. The lowest BCUT2D eigenvalue weighted by molar-refractivity contribution is 0.171. The van der Waals surface area contributed by atoms with E-state index in [0.29, 0.717) is 12.1 Å². The molecule has 0 amide bonds. The molecule has 0 aliphatic rings. The van der Waals surface area contributed by atoms with Crippen LogP contribution in [0.25, 0.3) is 0 Å². The summed E-state index contributed by atoms with van der Waals surface area (Å²) < 4.78 is 18.2. The molecule has 4 heteroatoms. The number of nitrogens with one attached hydrogen (secondary N) is 1. The van der Waals surface area contributed by atoms with Crippen LogP contribution in [-0.4, -0.2) is 24.8 Å². The molecule has 1 aromatic rings. The Labute approximate surface area is 95.2 Å². The van der Waals surface area contributed by atoms with E-state index < -0.39 is 11.9 Å². The van der Waals surface area contributed by atoms with Gasteiger partial charge in [0.2, 0.25) is 0 Å². The highest BCUT2D eigenvalue weighted by atomic mass is 19.1. The minimum absolute atomic E-state index is 0.188. The van der Waals surface area contributed by atoms with Gasteiger partial charge in [-0.25, -0.2) is 4.39 Å². The van der Waals surface area contributed by atoms with Crippen molar-refractivity contribution in [3.63, 3.8) is 0 Å². The monoisotopic (exact) mass is 227 g/mol. The molecule has 3 nitrogen and oxygen atoms in total. The maximum Gasteiger partial charge on any atom is 0.165 e. The number of rotatable bonds is 5. The first-order valence-electron chi connectivity index (χ1n) is 5.29. The van der Waals surface area contributed by atoms with Gasteiger partial charge in [0.15, 0.2) is 11.6 Å². The Morgan fingerprint density at radius 2 is 2.12 bits per heavy atom. The Bertz CT molecular complexity index is 342. The predicted molar refractivity (Wildman–Crippen MR) is 61.1 cm³/mol. The highest BCUT2D eigenvalue weighted by molar-refractivity contribution is 5.30. The first-order valence-corrected chi connectivity index (χ1v) is 5.29. The Balaban J connectivity index is 2.69. The predicted octanol–water partition coefficient (Wildman–Crippen LogP) is 1.87. The van der Waals surface area contributed by atoms with E-state index in [9.17, 15) is 9.50 Å². The van der Waals surface area contributed by atoms with Crippen LogP contribution in [0.2, 0.25) is 0 Å². The number of ether oxygens (including phenoxy) is 1. The molecule has 1 unspecified atom stereocenters. The smallest absolute Gasteiger partial charge is 0.165 e. The molecule has 0 fully saturated rings. The van der Waals surface area contributed by atoms with E-state index in [0.717, 1.165) is 0 Å². The summed E-state index contributed by atoms with van der Waals surface area (Å²) in [5.41, 5.74) is 0.548. The lowest BCUT2D eigenvalue weighted by Crippen LogP contribution is -2.27. The summed E-state index contributed by atoms with van der Waals surface area (Å²) >= 11 is 0. The lowest BCUT2D eigenvalue weighted by Gasteiger charge is -2.15.